The zero-order chi connectivity index (χ0) is 22.7. The molecule has 0 heterocycles. The van der Waals surface area contributed by atoms with Crippen molar-refractivity contribution in [3.8, 4) is 11.5 Å². The van der Waals surface area contributed by atoms with Crippen LogP contribution in [0.5, 0.6) is 11.5 Å². The van der Waals surface area contributed by atoms with E-state index < -0.39 is 0 Å². The summed E-state index contributed by atoms with van der Waals surface area (Å²) in [4.78, 5) is 22.1. The number of benzene rings is 2. The first-order valence-corrected chi connectivity index (χ1v) is 11.1. The smallest absolute Gasteiger partial charge is 0.315 e. The molecule has 0 aliphatic rings. The highest BCUT2D eigenvalue weighted by molar-refractivity contribution is 7.81. The molecule has 0 atom stereocenters. The lowest BCUT2D eigenvalue weighted by Crippen LogP contribution is -2.19. The van der Waals surface area contributed by atoms with Gasteiger partial charge in [-0.05, 0) is 35.4 Å². The fraction of sp³-hybridized carbons (Fsp3) is 0.391. The third-order valence-electron chi connectivity index (χ3n) is 4.64. The minimum atomic E-state index is -0.364. The average Bonchev–Trinajstić information content (AvgIpc) is 2.79. The lowest BCUT2D eigenvalue weighted by Gasteiger charge is -2.26. The fourth-order valence-corrected chi connectivity index (χ4v) is 3.01. The summed E-state index contributed by atoms with van der Waals surface area (Å²) < 4.78 is 21.1. The van der Waals surface area contributed by atoms with Gasteiger partial charge in [-0.1, -0.05) is 38.1 Å². The van der Waals surface area contributed by atoms with E-state index in [0.717, 1.165) is 11.1 Å². The number of carbonyl (C=O) groups excluding carboxylic acids is 2. The molecule has 2 rings (SSSR count). The molecule has 0 amide bonds. The standard InChI is InChI=1S/C23H28O6S2/c1-23(2,17-3-7-19(8-4-17)26-11-13-28-21(24)15-30)18-5-9-20(10-6-18)27-12-14-29-22(25)16-31/h3-10,30-31H,11-16H2,1-2H3. The van der Waals surface area contributed by atoms with Crippen molar-refractivity contribution in [3.05, 3.63) is 59.7 Å². The van der Waals surface area contributed by atoms with E-state index >= 15 is 0 Å². The van der Waals surface area contributed by atoms with Crippen LogP contribution in [0.15, 0.2) is 48.5 Å². The summed E-state index contributed by atoms with van der Waals surface area (Å²) in [5, 5.41) is 0. The Balaban J connectivity index is 1.89. The second-order valence-corrected chi connectivity index (χ2v) is 7.76. The first-order chi connectivity index (χ1) is 14.9. The molecule has 168 valence electrons. The van der Waals surface area contributed by atoms with Crippen molar-refractivity contribution in [2.45, 2.75) is 19.3 Å². The van der Waals surface area contributed by atoms with Gasteiger partial charge in [0.25, 0.3) is 0 Å². The van der Waals surface area contributed by atoms with Crippen LogP contribution < -0.4 is 9.47 Å². The molecule has 0 aromatic heterocycles. The van der Waals surface area contributed by atoms with Crippen molar-refractivity contribution in [1.82, 2.24) is 0 Å². The number of hydrogen-bond acceptors (Lipinski definition) is 8. The molecular formula is C23H28O6S2. The number of thiol groups is 2. The van der Waals surface area contributed by atoms with Gasteiger partial charge in [0.2, 0.25) is 0 Å². The van der Waals surface area contributed by atoms with E-state index in [-0.39, 0.29) is 55.3 Å². The highest BCUT2D eigenvalue weighted by Crippen LogP contribution is 2.33. The van der Waals surface area contributed by atoms with Crippen LogP contribution in [-0.4, -0.2) is 49.9 Å². The minimum Gasteiger partial charge on any atom is -0.490 e. The van der Waals surface area contributed by atoms with Gasteiger partial charge < -0.3 is 18.9 Å². The maximum absolute atomic E-state index is 11.1. The predicted octanol–water partition coefficient (Wildman–Crippen LogP) is 3.72. The Labute approximate surface area is 194 Å². The van der Waals surface area contributed by atoms with Crippen LogP contribution in [0, 0.1) is 0 Å². The van der Waals surface area contributed by atoms with Crippen molar-refractivity contribution in [3.63, 3.8) is 0 Å². The Kier molecular flexibility index (Phi) is 10.1. The van der Waals surface area contributed by atoms with Crippen LogP contribution in [0.1, 0.15) is 25.0 Å². The van der Waals surface area contributed by atoms with Crippen LogP contribution >= 0.6 is 25.3 Å². The summed E-state index contributed by atoms with van der Waals surface area (Å²) in [5.41, 5.74) is 2.05. The molecule has 0 saturated heterocycles. The van der Waals surface area contributed by atoms with Crippen LogP contribution in [0.3, 0.4) is 0 Å². The van der Waals surface area contributed by atoms with E-state index in [0.29, 0.717) is 11.5 Å². The van der Waals surface area contributed by atoms with E-state index in [9.17, 15) is 9.59 Å². The third-order valence-corrected chi connectivity index (χ3v) is 5.16. The topological polar surface area (TPSA) is 71.1 Å². The summed E-state index contributed by atoms with van der Waals surface area (Å²) in [6.45, 7) is 5.26. The molecule has 2 aromatic rings. The van der Waals surface area contributed by atoms with E-state index in [1.807, 2.05) is 48.5 Å². The third kappa shape index (κ3) is 8.03. The quantitative estimate of drug-likeness (QED) is 0.283. The molecule has 0 saturated carbocycles. The monoisotopic (exact) mass is 464 g/mol. The zero-order valence-electron chi connectivity index (χ0n) is 17.7. The van der Waals surface area contributed by atoms with Crippen molar-refractivity contribution in [1.29, 1.82) is 0 Å². The summed E-state index contributed by atoms with van der Waals surface area (Å²) in [5.74, 6) is 0.813. The molecule has 2 aromatic carbocycles. The molecule has 0 unspecified atom stereocenters. The summed E-state index contributed by atoms with van der Waals surface area (Å²) in [7, 11) is 0. The Hall–Kier alpha value is -2.32. The summed E-state index contributed by atoms with van der Waals surface area (Å²) in [6, 6.07) is 15.7. The summed E-state index contributed by atoms with van der Waals surface area (Å²) >= 11 is 7.70. The molecule has 0 spiro atoms. The molecule has 0 N–H and O–H groups in total. The van der Waals surface area contributed by atoms with Gasteiger partial charge in [0.1, 0.15) is 37.9 Å². The van der Waals surface area contributed by atoms with E-state index in [4.69, 9.17) is 18.9 Å². The van der Waals surface area contributed by atoms with Gasteiger partial charge in [-0.25, -0.2) is 0 Å². The largest absolute Gasteiger partial charge is 0.490 e. The zero-order valence-corrected chi connectivity index (χ0v) is 19.5. The van der Waals surface area contributed by atoms with Gasteiger partial charge >= 0.3 is 11.9 Å². The molecule has 0 aliphatic carbocycles. The molecule has 8 heteroatoms. The first-order valence-electron chi connectivity index (χ1n) is 9.86. The maximum atomic E-state index is 11.1. The molecule has 6 nitrogen and oxygen atoms in total. The fourth-order valence-electron chi connectivity index (χ4n) is 2.82. The van der Waals surface area contributed by atoms with Gasteiger partial charge in [0, 0.05) is 5.41 Å². The van der Waals surface area contributed by atoms with Crippen LogP contribution in [-0.2, 0) is 24.5 Å². The Morgan fingerprint density at radius 2 is 1.03 bits per heavy atom. The Bertz CT molecular complexity index is 765. The van der Waals surface area contributed by atoms with Crippen molar-refractivity contribution in [2.75, 3.05) is 37.9 Å². The van der Waals surface area contributed by atoms with Crippen LogP contribution in [0.4, 0.5) is 0 Å². The number of carbonyl (C=O) groups is 2. The van der Waals surface area contributed by atoms with Gasteiger partial charge in [-0.15, -0.1) is 0 Å². The molecule has 0 bridgehead atoms. The molecule has 31 heavy (non-hydrogen) atoms. The van der Waals surface area contributed by atoms with Crippen molar-refractivity contribution < 1.29 is 28.5 Å². The Morgan fingerprint density at radius 3 is 1.35 bits per heavy atom. The minimum absolute atomic E-state index is 0.0583. The number of rotatable bonds is 12. The van der Waals surface area contributed by atoms with E-state index in [1.54, 1.807) is 0 Å². The molecular weight excluding hydrogens is 436 g/mol. The van der Waals surface area contributed by atoms with Crippen molar-refractivity contribution >= 4 is 37.2 Å². The van der Waals surface area contributed by atoms with Gasteiger partial charge in [0.05, 0.1) is 11.5 Å². The van der Waals surface area contributed by atoms with Gasteiger partial charge in [0.15, 0.2) is 0 Å². The number of hydrogen-bond donors (Lipinski definition) is 2. The lowest BCUT2D eigenvalue weighted by molar-refractivity contribution is -0.142. The number of esters is 2. The Morgan fingerprint density at radius 1 is 0.677 bits per heavy atom. The van der Waals surface area contributed by atoms with Gasteiger partial charge in [-0.2, -0.15) is 25.3 Å². The van der Waals surface area contributed by atoms with Crippen molar-refractivity contribution in [2.24, 2.45) is 0 Å². The van der Waals surface area contributed by atoms with E-state index in [2.05, 4.69) is 39.1 Å². The van der Waals surface area contributed by atoms with Crippen LogP contribution in [0.2, 0.25) is 0 Å². The normalized spacial score (nSPS) is 11.0. The second kappa shape index (κ2) is 12.5. The highest BCUT2D eigenvalue weighted by Gasteiger charge is 2.23. The average molecular weight is 465 g/mol. The maximum Gasteiger partial charge on any atom is 0.315 e. The number of ether oxygens (including phenoxy) is 4. The molecule has 0 radical (unpaired) electrons. The lowest BCUT2D eigenvalue weighted by atomic mass is 9.78. The van der Waals surface area contributed by atoms with Gasteiger partial charge in [-0.3, -0.25) is 9.59 Å². The highest BCUT2D eigenvalue weighted by atomic mass is 32.1. The SMILES string of the molecule is CC(C)(c1ccc(OCCOC(=O)CS)cc1)c1ccc(OCCOC(=O)CS)cc1. The first kappa shape index (κ1) is 24.9. The van der Waals surface area contributed by atoms with E-state index in [1.165, 1.54) is 0 Å². The summed E-state index contributed by atoms with van der Waals surface area (Å²) in [6.07, 6.45) is 0. The second-order valence-electron chi connectivity index (χ2n) is 7.13. The van der Waals surface area contributed by atoms with Crippen LogP contribution in [0.25, 0.3) is 0 Å². The molecule has 0 fully saturated rings. The predicted molar refractivity (Wildman–Crippen MR) is 126 cm³/mol. The molecule has 0 aliphatic heterocycles.